The monoisotopic (exact) mass is 531 g/mol. The summed E-state index contributed by atoms with van der Waals surface area (Å²) in [6.45, 7) is 4.09. The molecule has 2 atom stereocenters. The van der Waals surface area contributed by atoms with Crippen molar-refractivity contribution >= 4 is 34.7 Å². The van der Waals surface area contributed by atoms with Crippen LogP contribution in [0.4, 0.5) is 30.8 Å². The highest BCUT2D eigenvalue weighted by Crippen LogP contribution is 2.39. The van der Waals surface area contributed by atoms with Crippen LogP contribution >= 0.6 is 0 Å². The zero-order valence-electron chi connectivity index (χ0n) is 21.3. The smallest absolute Gasteiger partial charge is 0.224 e. The highest BCUT2D eigenvalue weighted by atomic mass is 19.1. The average molecular weight is 532 g/mol. The lowest BCUT2D eigenvalue weighted by Gasteiger charge is -2.39. The Morgan fingerprint density at radius 1 is 1.11 bits per heavy atom. The Balaban J connectivity index is 1.49. The molecule has 1 amide bonds. The number of hydrogen-bond acceptors (Lipinski definition) is 7. The van der Waals surface area contributed by atoms with Crippen LogP contribution in [0.15, 0.2) is 18.3 Å². The number of carbonyl (C=O) groups excluding carboxylic acids is 1. The number of nitrogens with zero attached hydrogens (tertiary/aromatic N) is 4. The molecule has 2 saturated carbocycles. The van der Waals surface area contributed by atoms with Gasteiger partial charge in [-0.15, -0.1) is 0 Å². The van der Waals surface area contributed by atoms with Crippen molar-refractivity contribution in [2.75, 3.05) is 10.6 Å². The van der Waals surface area contributed by atoms with Gasteiger partial charge in [0.25, 0.3) is 0 Å². The van der Waals surface area contributed by atoms with Crippen LogP contribution in [-0.4, -0.2) is 42.7 Å². The van der Waals surface area contributed by atoms with Crippen molar-refractivity contribution in [2.45, 2.75) is 77.0 Å². The van der Waals surface area contributed by atoms with E-state index in [-0.39, 0.29) is 35.3 Å². The molecule has 0 saturated heterocycles. The van der Waals surface area contributed by atoms with E-state index in [0.29, 0.717) is 61.3 Å². The topological polar surface area (TPSA) is 131 Å². The predicted octanol–water partition coefficient (Wildman–Crippen LogP) is 4.56. The van der Waals surface area contributed by atoms with Crippen molar-refractivity contribution in [3.05, 3.63) is 35.8 Å². The average Bonchev–Trinajstić information content (AvgIpc) is 3.21. The number of primary amides is 1. The molecular weight excluding hydrogens is 499 g/mol. The molecule has 0 unspecified atom stereocenters. The first kappa shape index (κ1) is 26.2. The van der Waals surface area contributed by atoms with Crippen LogP contribution in [-0.2, 0) is 4.79 Å². The molecule has 204 valence electrons. The van der Waals surface area contributed by atoms with Crippen LogP contribution in [0.5, 0.6) is 0 Å². The number of amides is 1. The summed E-state index contributed by atoms with van der Waals surface area (Å²) in [6, 6.07) is 0.999. The summed E-state index contributed by atoms with van der Waals surface area (Å²) >= 11 is 0. The summed E-state index contributed by atoms with van der Waals surface area (Å²) < 4.78 is 44.2. The lowest BCUT2D eigenvalue weighted by Crippen LogP contribution is -2.41. The van der Waals surface area contributed by atoms with Crippen molar-refractivity contribution in [1.82, 2.24) is 19.5 Å². The third-order valence-corrected chi connectivity index (χ3v) is 8.02. The zero-order chi connectivity index (χ0) is 27.2. The third kappa shape index (κ3) is 5.13. The maximum atomic E-state index is 14.5. The van der Waals surface area contributed by atoms with Crippen molar-refractivity contribution in [3.63, 3.8) is 0 Å². The number of aliphatic hydroxyl groups is 1. The van der Waals surface area contributed by atoms with Gasteiger partial charge in [0.2, 0.25) is 17.8 Å². The standard InChI is InChI=1S/C26H32F3N7O2/c1-26(2)8-7-15(11-20(26)37)32-24-31-12-19-23(35-24)36(16-5-3-13(4-6-16)22(30)38)25(33-19)34-21-17(28)9-14(27)10-18(21)29/h9-10,12-13,15-16,20,37H,3-8,11H2,1-2H3,(H2,30,38)(H,33,34)(H,31,32,35)/t13?,15-,16?,20-/m1/s1. The number of fused-ring (bicyclic) bond motifs is 1. The Labute approximate surface area is 218 Å². The highest BCUT2D eigenvalue weighted by Gasteiger charge is 2.35. The first-order chi connectivity index (χ1) is 18.0. The second kappa shape index (κ2) is 10.0. The molecule has 12 heteroatoms. The molecule has 0 bridgehead atoms. The number of aromatic nitrogens is 4. The molecule has 3 aromatic rings. The van der Waals surface area contributed by atoms with Gasteiger partial charge in [0.05, 0.1) is 12.3 Å². The largest absolute Gasteiger partial charge is 0.392 e. The maximum Gasteiger partial charge on any atom is 0.224 e. The first-order valence-corrected chi connectivity index (χ1v) is 12.9. The highest BCUT2D eigenvalue weighted by molar-refractivity contribution is 5.78. The minimum Gasteiger partial charge on any atom is -0.392 e. The molecule has 2 fully saturated rings. The summed E-state index contributed by atoms with van der Waals surface area (Å²) in [5.74, 6) is -3.31. The number of benzene rings is 1. The second-order valence-corrected chi connectivity index (χ2v) is 11.1. The Bertz CT molecular complexity index is 1330. The van der Waals surface area contributed by atoms with Crippen molar-refractivity contribution in [3.8, 4) is 0 Å². The molecule has 9 nitrogen and oxygen atoms in total. The fraction of sp³-hybridized carbons (Fsp3) is 0.538. The van der Waals surface area contributed by atoms with E-state index >= 15 is 0 Å². The van der Waals surface area contributed by atoms with Gasteiger partial charge in [-0.25, -0.2) is 23.1 Å². The molecule has 0 spiro atoms. The zero-order valence-corrected chi connectivity index (χ0v) is 21.3. The van der Waals surface area contributed by atoms with E-state index in [2.05, 4.69) is 20.6 Å². The van der Waals surface area contributed by atoms with E-state index in [0.717, 1.165) is 12.8 Å². The lowest BCUT2D eigenvalue weighted by molar-refractivity contribution is -0.122. The summed E-state index contributed by atoms with van der Waals surface area (Å²) in [7, 11) is 0. The first-order valence-electron chi connectivity index (χ1n) is 12.9. The summed E-state index contributed by atoms with van der Waals surface area (Å²) in [5, 5.41) is 16.5. The Kier molecular flexibility index (Phi) is 6.93. The molecule has 0 radical (unpaired) electrons. The van der Waals surface area contributed by atoms with Crippen LogP contribution in [0, 0.1) is 28.8 Å². The van der Waals surface area contributed by atoms with Gasteiger partial charge in [0, 0.05) is 30.1 Å². The van der Waals surface area contributed by atoms with Gasteiger partial charge >= 0.3 is 0 Å². The molecule has 2 aliphatic rings. The second-order valence-electron chi connectivity index (χ2n) is 11.1. The SMILES string of the molecule is CC1(C)CC[C@@H](Nc2ncc3nc(Nc4c(F)cc(F)cc4F)n(C4CCC(C(N)=O)CC4)c3n2)C[C@H]1O. The van der Waals surface area contributed by atoms with Crippen LogP contribution < -0.4 is 16.4 Å². The number of halogens is 3. The quantitative estimate of drug-likeness (QED) is 0.367. The number of nitrogens with one attached hydrogen (secondary N) is 2. The molecule has 2 aliphatic carbocycles. The summed E-state index contributed by atoms with van der Waals surface area (Å²) in [4.78, 5) is 25.3. The van der Waals surface area contributed by atoms with E-state index in [9.17, 15) is 23.1 Å². The molecule has 5 rings (SSSR count). The Morgan fingerprint density at radius 3 is 2.42 bits per heavy atom. The van der Waals surface area contributed by atoms with Crippen molar-refractivity contribution in [1.29, 1.82) is 0 Å². The number of imidazole rings is 1. The van der Waals surface area contributed by atoms with Crippen LogP contribution in [0.2, 0.25) is 0 Å². The van der Waals surface area contributed by atoms with Gasteiger partial charge in [0.15, 0.2) is 17.3 Å². The van der Waals surface area contributed by atoms with Crippen molar-refractivity contribution in [2.24, 2.45) is 17.1 Å². The molecule has 38 heavy (non-hydrogen) atoms. The predicted molar refractivity (Wildman–Crippen MR) is 136 cm³/mol. The molecule has 2 aromatic heterocycles. The Hall–Kier alpha value is -3.41. The number of hydrogen-bond donors (Lipinski definition) is 4. The molecule has 1 aromatic carbocycles. The van der Waals surface area contributed by atoms with Crippen LogP contribution in [0.25, 0.3) is 11.2 Å². The summed E-state index contributed by atoms with van der Waals surface area (Å²) in [5.41, 5.74) is 5.68. The van der Waals surface area contributed by atoms with E-state index in [4.69, 9.17) is 10.7 Å². The van der Waals surface area contributed by atoms with Gasteiger partial charge in [-0.05, 0) is 50.4 Å². The van der Waals surface area contributed by atoms with Crippen molar-refractivity contribution < 1.29 is 23.1 Å². The number of nitrogens with two attached hydrogens (primary N) is 1. The molecule has 0 aliphatic heterocycles. The van der Waals surface area contributed by atoms with E-state index < -0.39 is 29.2 Å². The summed E-state index contributed by atoms with van der Waals surface area (Å²) in [6.07, 6.45) is 5.60. The van der Waals surface area contributed by atoms with E-state index in [1.807, 2.05) is 13.8 Å². The molecule has 5 N–H and O–H groups in total. The van der Waals surface area contributed by atoms with Gasteiger partial charge in [-0.1, -0.05) is 13.8 Å². The Morgan fingerprint density at radius 2 is 1.79 bits per heavy atom. The number of anilines is 3. The molecule has 2 heterocycles. The van der Waals surface area contributed by atoms with Gasteiger partial charge < -0.3 is 21.5 Å². The van der Waals surface area contributed by atoms with E-state index in [1.165, 1.54) is 6.20 Å². The number of aliphatic hydroxyl groups excluding tert-OH is 1. The van der Waals surface area contributed by atoms with Gasteiger partial charge in [-0.2, -0.15) is 4.98 Å². The minimum absolute atomic E-state index is 0.0159. The third-order valence-electron chi connectivity index (χ3n) is 8.02. The van der Waals surface area contributed by atoms with Crippen LogP contribution in [0.1, 0.15) is 64.8 Å². The number of rotatable bonds is 6. The minimum atomic E-state index is -1.09. The van der Waals surface area contributed by atoms with Gasteiger partial charge in [0.1, 0.15) is 17.0 Å². The maximum absolute atomic E-state index is 14.5. The molecular formula is C26H32F3N7O2. The number of carbonyl (C=O) groups is 1. The fourth-order valence-electron chi connectivity index (χ4n) is 5.52. The van der Waals surface area contributed by atoms with E-state index in [1.54, 1.807) is 4.57 Å². The normalized spacial score (nSPS) is 25.3. The van der Waals surface area contributed by atoms with Crippen LogP contribution in [0.3, 0.4) is 0 Å². The fourth-order valence-corrected chi connectivity index (χ4v) is 5.52. The van der Waals surface area contributed by atoms with Gasteiger partial charge in [-0.3, -0.25) is 9.36 Å². The lowest BCUT2D eigenvalue weighted by atomic mass is 9.73.